The lowest BCUT2D eigenvalue weighted by atomic mass is 9.95. The average molecular weight is 369 g/mol. The van der Waals surface area contributed by atoms with Crippen molar-refractivity contribution in [3.63, 3.8) is 0 Å². The van der Waals surface area contributed by atoms with E-state index in [0.29, 0.717) is 0 Å². The second-order valence-electron chi connectivity index (χ2n) is 5.70. The highest BCUT2D eigenvalue weighted by Crippen LogP contribution is 2.30. The molecular formula is C16H23N3O5S. The summed E-state index contributed by atoms with van der Waals surface area (Å²) in [6, 6.07) is 6.74. The average Bonchev–Trinajstić information content (AvgIpc) is 2.59. The highest BCUT2D eigenvalue weighted by atomic mass is 32.1. The molecule has 138 valence electrons. The van der Waals surface area contributed by atoms with Gasteiger partial charge < -0.3 is 21.3 Å². The molecule has 1 aromatic rings. The van der Waals surface area contributed by atoms with E-state index in [9.17, 15) is 24.6 Å². The maximum absolute atomic E-state index is 13.0. The van der Waals surface area contributed by atoms with Gasteiger partial charge in [-0.2, -0.15) is 12.6 Å². The third-order valence-corrected chi connectivity index (χ3v) is 4.06. The second kappa shape index (κ2) is 8.84. The first-order valence-electron chi connectivity index (χ1n) is 7.65. The van der Waals surface area contributed by atoms with Gasteiger partial charge in [-0.05, 0) is 12.1 Å². The normalized spacial score (nSPS) is 14.5. The van der Waals surface area contributed by atoms with Gasteiger partial charge in [-0.3, -0.25) is 14.5 Å². The van der Waals surface area contributed by atoms with Gasteiger partial charge in [0.05, 0.1) is 6.54 Å². The molecule has 0 aliphatic rings. The molecule has 9 heteroatoms. The summed E-state index contributed by atoms with van der Waals surface area (Å²) in [5.74, 6) is -3.91. The van der Waals surface area contributed by atoms with Gasteiger partial charge in [-0.15, -0.1) is 0 Å². The van der Waals surface area contributed by atoms with Crippen LogP contribution in [0.3, 0.4) is 0 Å². The second-order valence-corrected chi connectivity index (χ2v) is 6.07. The van der Waals surface area contributed by atoms with Crippen molar-refractivity contribution in [1.29, 1.82) is 0 Å². The summed E-state index contributed by atoms with van der Waals surface area (Å²) in [5, 5.41) is 22.8. The molecule has 0 aliphatic carbocycles. The highest BCUT2D eigenvalue weighted by Gasteiger charge is 2.50. The minimum atomic E-state index is -2.51. The number of amides is 2. The van der Waals surface area contributed by atoms with Gasteiger partial charge in [0.2, 0.25) is 11.6 Å². The lowest BCUT2D eigenvalue weighted by Crippen LogP contribution is -2.65. The minimum absolute atomic E-state index is 0.0955. The summed E-state index contributed by atoms with van der Waals surface area (Å²) in [6.07, 6.45) is 0. The quantitative estimate of drug-likeness (QED) is 0.319. The number of carboxylic acids is 1. The largest absolute Gasteiger partial charge is 0.478 e. The van der Waals surface area contributed by atoms with Crippen LogP contribution < -0.4 is 16.0 Å². The number of carbonyl (C=O) groups excluding carboxylic acids is 2. The minimum Gasteiger partial charge on any atom is -0.478 e. The van der Waals surface area contributed by atoms with Crippen LogP contribution in [0.15, 0.2) is 30.3 Å². The van der Waals surface area contributed by atoms with Gasteiger partial charge in [-0.1, -0.05) is 32.0 Å². The van der Waals surface area contributed by atoms with E-state index in [0.717, 1.165) is 4.90 Å². The Bertz CT molecular complexity index is 625. The van der Waals surface area contributed by atoms with Crippen molar-refractivity contribution in [3.8, 4) is 0 Å². The molecule has 2 atom stereocenters. The van der Waals surface area contributed by atoms with Crippen LogP contribution in [0.4, 0.5) is 5.69 Å². The fourth-order valence-electron chi connectivity index (χ4n) is 2.26. The van der Waals surface area contributed by atoms with E-state index in [4.69, 9.17) is 5.73 Å². The molecule has 25 heavy (non-hydrogen) atoms. The van der Waals surface area contributed by atoms with Crippen molar-refractivity contribution < 1.29 is 24.6 Å². The van der Waals surface area contributed by atoms with Crippen LogP contribution in [0.2, 0.25) is 0 Å². The zero-order chi connectivity index (χ0) is 19.2. The van der Waals surface area contributed by atoms with E-state index in [-0.39, 0.29) is 18.0 Å². The van der Waals surface area contributed by atoms with Crippen molar-refractivity contribution in [2.45, 2.75) is 25.6 Å². The molecule has 0 spiro atoms. The summed E-state index contributed by atoms with van der Waals surface area (Å²) in [5.41, 5.74) is 2.91. The lowest BCUT2D eigenvalue weighted by Gasteiger charge is -2.40. The number of benzene rings is 1. The number of rotatable bonds is 8. The molecule has 2 amide bonds. The molecule has 0 saturated carbocycles. The Labute approximate surface area is 151 Å². The van der Waals surface area contributed by atoms with E-state index in [1.165, 1.54) is 26.0 Å². The van der Waals surface area contributed by atoms with E-state index in [1.54, 1.807) is 18.2 Å². The van der Waals surface area contributed by atoms with Gasteiger partial charge in [0, 0.05) is 17.4 Å². The number of aliphatic hydroxyl groups is 1. The van der Waals surface area contributed by atoms with Crippen LogP contribution in [0.1, 0.15) is 13.8 Å². The van der Waals surface area contributed by atoms with Gasteiger partial charge >= 0.3 is 5.97 Å². The fraction of sp³-hybridized carbons (Fsp3) is 0.438. The first-order valence-corrected chi connectivity index (χ1v) is 8.28. The molecule has 0 unspecified atom stereocenters. The summed E-state index contributed by atoms with van der Waals surface area (Å²) < 4.78 is 0. The van der Waals surface area contributed by atoms with Crippen molar-refractivity contribution in [1.82, 2.24) is 5.32 Å². The van der Waals surface area contributed by atoms with Crippen LogP contribution in [0.5, 0.6) is 0 Å². The zero-order valence-corrected chi connectivity index (χ0v) is 14.9. The Balaban J connectivity index is 3.43. The third-order valence-electron chi connectivity index (χ3n) is 3.70. The topological polar surface area (TPSA) is 133 Å². The molecule has 0 bridgehead atoms. The molecule has 0 saturated heterocycles. The Hall–Kier alpha value is -2.10. The van der Waals surface area contributed by atoms with E-state index >= 15 is 0 Å². The number of nitrogens with two attached hydrogens (primary N) is 1. The summed E-state index contributed by atoms with van der Waals surface area (Å²) in [6.45, 7) is 2.62. The predicted octanol–water partition coefficient (Wildman–Crippen LogP) is -0.178. The van der Waals surface area contributed by atoms with Crippen molar-refractivity contribution in [2.24, 2.45) is 11.7 Å². The maximum atomic E-state index is 13.0. The Kier molecular flexibility index (Phi) is 7.40. The summed E-state index contributed by atoms with van der Waals surface area (Å²) >= 11 is 4.04. The lowest BCUT2D eigenvalue weighted by molar-refractivity contribution is -0.166. The number of carboxylic acid groups (broad SMARTS) is 1. The number of para-hydroxylation sites is 1. The summed E-state index contributed by atoms with van der Waals surface area (Å²) in [7, 11) is 0. The highest BCUT2D eigenvalue weighted by molar-refractivity contribution is 7.80. The zero-order valence-electron chi connectivity index (χ0n) is 14.0. The summed E-state index contributed by atoms with van der Waals surface area (Å²) in [4.78, 5) is 37.1. The fourth-order valence-corrected chi connectivity index (χ4v) is 2.51. The Morgan fingerprint density at radius 2 is 1.84 bits per heavy atom. The predicted molar refractivity (Wildman–Crippen MR) is 96.2 cm³/mol. The molecule has 0 aliphatic heterocycles. The molecule has 0 aromatic heterocycles. The number of thiol groups is 1. The molecular weight excluding hydrogens is 346 g/mol. The first-order chi connectivity index (χ1) is 11.7. The van der Waals surface area contributed by atoms with Crippen molar-refractivity contribution in [3.05, 3.63) is 30.3 Å². The number of carbonyl (C=O) groups is 3. The SMILES string of the molecule is CC(C)[C@@](O)(C(=O)O)N(C(=O)[C@H](CS)NC(=O)CN)c1ccccc1. The van der Waals surface area contributed by atoms with Crippen LogP contribution in [-0.4, -0.2) is 52.1 Å². The monoisotopic (exact) mass is 369 g/mol. The van der Waals surface area contributed by atoms with Crippen molar-refractivity contribution in [2.75, 3.05) is 17.2 Å². The molecule has 0 radical (unpaired) electrons. The number of aliphatic carboxylic acids is 1. The molecule has 0 heterocycles. The molecule has 5 N–H and O–H groups in total. The van der Waals surface area contributed by atoms with Gasteiger partial charge in [0.15, 0.2) is 0 Å². The molecule has 1 aromatic carbocycles. The Morgan fingerprint density at radius 3 is 2.24 bits per heavy atom. The molecule has 0 fully saturated rings. The third kappa shape index (κ3) is 4.50. The van der Waals surface area contributed by atoms with Crippen LogP contribution >= 0.6 is 12.6 Å². The van der Waals surface area contributed by atoms with Gasteiger partial charge in [0.25, 0.3) is 5.91 Å². The number of nitrogens with one attached hydrogen (secondary N) is 1. The number of anilines is 1. The number of nitrogens with zero attached hydrogens (tertiary/aromatic N) is 1. The standard InChI is InChI=1S/C16H23N3O5S/c1-10(2)16(24,15(22)23)19(11-6-4-3-5-7-11)14(21)12(9-25)18-13(20)8-17/h3-7,10,12,24-25H,8-9,17H2,1-2H3,(H,18,20)(H,22,23)/t12-,16+/m0/s1. The number of hydrogen-bond acceptors (Lipinski definition) is 6. The smallest absolute Gasteiger partial charge is 0.358 e. The van der Waals surface area contributed by atoms with E-state index in [1.807, 2.05) is 0 Å². The van der Waals surface area contributed by atoms with Crippen LogP contribution in [-0.2, 0) is 14.4 Å². The molecule has 8 nitrogen and oxygen atoms in total. The molecule has 1 rings (SSSR count). The maximum Gasteiger partial charge on any atom is 0.358 e. The first kappa shape index (κ1) is 20.9. The van der Waals surface area contributed by atoms with Gasteiger partial charge in [0.1, 0.15) is 6.04 Å². The van der Waals surface area contributed by atoms with Gasteiger partial charge in [-0.25, -0.2) is 4.79 Å². The number of hydrogen-bond donors (Lipinski definition) is 5. The van der Waals surface area contributed by atoms with E-state index in [2.05, 4.69) is 17.9 Å². The van der Waals surface area contributed by atoms with Crippen molar-refractivity contribution >= 4 is 36.1 Å². The van der Waals surface area contributed by atoms with Crippen LogP contribution in [0.25, 0.3) is 0 Å². The van der Waals surface area contributed by atoms with E-state index < -0.39 is 35.5 Å². The Morgan fingerprint density at radius 1 is 1.28 bits per heavy atom. The van der Waals surface area contributed by atoms with Crippen LogP contribution in [0, 0.1) is 5.92 Å².